The second-order valence-electron chi connectivity index (χ2n) is 10.4. The van der Waals surface area contributed by atoms with Gasteiger partial charge in [0.25, 0.3) is 11.5 Å². The first-order valence-corrected chi connectivity index (χ1v) is 14.0. The number of nitrogen functional groups attached to an aromatic ring is 1. The molecule has 2 aromatic heterocycles. The number of aryl methyl sites for hydroxylation is 2. The summed E-state index contributed by atoms with van der Waals surface area (Å²) >= 11 is 0. The highest BCUT2D eigenvalue weighted by Gasteiger charge is 2.24. The van der Waals surface area contributed by atoms with Crippen molar-refractivity contribution in [2.75, 3.05) is 32.1 Å². The first-order chi connectivity index (χ1) is 20.0. The highest BCUT2D eigenvalue weighted by molar-refractivity contribution is 5.96. The van der Waals surface area contributed by atoms with Crippen molar-refractivity contribution >= 4 is 34.8 Å². The Balaban J connectivity index is 1.49. The minimum atomic E-state index is -1.12. The van der Waals surface area contributed by atoms with Crippen molar-refractivity contribution in [2.45, 2.75) is 58.5 Å². The summed E-state index contributed by atoms with van der Waals surface area (Å²) in [4.78, 5) is 58.4. The standard InChI is InChI=1S/C29H40N6O7/c1-17(2)18(3)31-12-13-41-14-15-42-28(40)22(10-11-23(36)37)33-26(38)20-7-4-19(5-8-20)6-9-21-16-32-25-24(21)27(39)35-29(30)34-25/h4-5,7-8,16-18,22,31H,6,9-15H2,1-3H3,(H,33,38)(H,36,37)(H4,30,32,34,35,39)/t18?,22-/m0/s1. The van der Waals surface area contributed by atoms with E-state index < -0.39 is 23.9 Å². The van der Waals surface area contributed by atoms with Crippen LogP contribution in [0.4, 0.5) is 5.95 Å². The number of esters is 1. The largest absolute Gasteiger partial charge is 0.481 e. The van der Waals surface area contributed by atoms with Crippen molar-refractivity contribution in [3.05, 3.63) is 57.5 Å². The highest BCUT2D eigenvalue weighted by Crippen LogP contribution is 2.16. The van der Waals surface area contributed by atoms with Crippen molar-refractivity contribution < 1.29 is 29.0 Å². The Bertz CT molecular complexity index is 1400. The maximum absolute atomic E-state index is 12.9. The lowest BCUT2D eigenvalue weighted by Gasteiger charge is -2.18. The van der Waals surface area contributed by atoms with E-state index in [1.807, 2.05) is 0 Å². The lowest BCUT2D eigenvalue weighted by Crippen LogP contribution is -2.42. The topological polar surface area (TPSA) is 202 Å². The molecule has 2 atom stereocenters. The van der Waals surface area contributed by atoms with Crippen LogP contribution in [0.2, 0.25) is 0 Å². The predicted molar refractivity (Wildman–Crippen MR) is 157 cm³/mol. The van der Waals surface area contributed by atoms with Crippen LogP contribution < -0.4 is 21.9 Å². The fourth-order valence-corrected chi connectivity index (χ4v) is 4.18. The Kier molecular flexibility index (Phi) is 12.1. The van der Waals surface area contributed by atoms with Crippen molar-refractivity contribution in [1.29, 1.82) is 0 Å². The molecule has 0 saturated heterocycles. The molecule has 0 spiro atoms. The van der Waals surface area contributed by atoms with E-state index in [9.17, 15) is 19.2 Å². The van der Waals surface area contributed by atoms with Gasteiger partial charge in [-0.05, 0) is 55.4 Å². The van der Waals surface area contributed by atoms with Gasteiger partial charge in [0.1, 0.15) is 18.3 Å². The van der Waals surface area contributed by atoms with E-state index in [0.29, 0.717) is 54.5 Å². The number of carbonyl (C=O) groups excluding carboxylic acids is 2. The molecule has 1 unspecified atom stereocenters. The summed E-state index contributed by atoms with van der Waals surface area (Å²) in [6.45, 7) is 7.64. The van der Waals surface area contributed by atoms with Gasteiger partial charge in [-0.15, -0.1) is 0 Å². The van der Waals surface area contributed by atoms with E-state index in [4.69, 9.17) is 20.3 Å². The second kappa shape index (κ2) is 15.7. The number of carboxylic acids is 1. The van der Waals surface area contributed by atoms with E-state index in [1.165, 1.54) is 0 Å². The molecule has 0 radical (unpaired) electrons. The van der Waals surface area contributed by atoms with Crippen LogP contribution in [0, 0.1) is 5.92 Å². The number of nitrogens with zero attached hydrogens (tertiary/aromatic N) is 1. The molecule has 7 N–H and O–H groups in total. The Morgan fingerprint density at radius 2 is 1.81 bits per heavy atom. The number of benzene rings is 1. The lowest BCUT2D eigenvalue weighted by atomic mass is 10.0. The van der Waals surface area contributed by atoms with Crippen molar-refractivity contribution in [3.63, 3.8) is 0 Å². The number of hydrogen-bond acceptors (Lipinski definition) is 9. The maximum atomic E-state index is 12.9. The number of aromatic amines is 2. The summed E-state index contributed by atoms with van der Waals surface area (Å²) in [5.74, 6) is -1.79. The minimum absolute atomic E-state index is 0.0154. The minimum Gasteiger partial charge on any atom is -0.481 e. The molecule has 0 fully saturated rings. The van der Waals surface area contributed by atoms with E-state index in [2.05, 4.69) is 46.4 Å². The molecular formula is C29H40N6O7. The lowest BCUT2D eigenvalue weighted by molar-refractivity contribution is -0.148. The van der Waals surface area contributed by atoms with E-state index in [1.54, 1.807) is 30.5 Å². The number of carbonyl (C=O) groups is 3. The normalized spacial score (nSPS) is 12.8. The molecule has 0 aliphatic rings. The van der Waals surface area contributed by atoms with Crippen LogP contribution in [-0.2, 0) is 31.9 Å². The Hall–Kier alpha value is -4.23. The maximum Gasteiger partial charge on any atom is 0.328 e. The molecule has 13 nitrogen and oxygen atoms in total. The number of H-pyrrole nitrogens is 2. The quantitative estimate of drug-likeness (QED) is 0.100. The second-order valence-corrected chi connectivity index (χ2v) is 10.4. The summed E-state index contributed by atoms with van der Waals surface area (Å²) < 4.78 is 10.7. The molecule has 3 aromatic rings. The molecule has 2 heterocycles. The number of hydrogen-bond donors (Lipinski definition) is 6. The molecule has 0 saturated carbocycles. The zero-order valence-corrected chi connectivity index (χ0v) is 24.2. The Morgan fingerprint density at radius 1 is 1.07 bits per heavy atom. The van der Waals surface area contributed by atoms with Gasteiger partial charge in [0, 0.05) is 30.8 Å². The first-order valence-electron chi connectivity index (χ1n) is 14.0. The smallest absolute Gasteiger partial charge is 0.328 e. The fraction of sp³-hybridized carbons (Fsp3) is 0.483. The third-order valence-corrected chi connectivity index (χ3v) is 6.96. The van der Waals surface area contributed by atoms with Crippen LogP contribution >= 0.6 is 0 Å². The van der Waals surface area contributed by atoms with Gasteiger partial charge in [0.2, 0.25) is 5.95 Å². The average molecular weight is 585 g/mol. The van der Waals surface area contributed by atoms with Gasteiger partial charge in [-0.25, -0.2) is 4.79 Å². The van der Waals surface area contributed by atoms with E-state index in [-0.39, 0.29) is 37.6 Å². The third kappa shape index (κ3) is 9.70. The zero-order valence-electron chi connectivity index (χ0n) is 24.2. The first kappa shape index (κ1) is 32.3. The van der Waals surface area contributed by atoms with Crippen LogP contribution in [-0.4, -0.2) is 76.4 Å². The van der Waals surface area contributed by atoms with Gasteiger partial charge < -0.3 is 35.9 Å². The molecule has 228 valence electrons. The average Bonchev–Trinajstić information content (AvgIpc) is 3.36. The summed E-state index contributed by atoms with van der Waals surface area (Å²) in [5, 5.41) is 15.5. The van der Waals surface area contributed by atoms with Crippen molar-refractivity contribution in [3.8, 4) is 0 Å². The van der Waals surface area contributed by atoms with Gasteiger partial charge in [-0.1, -0.05) is 26.0 Å². The van der Waals surface area contributed by atoms with Crippen LogP contribution in [0.25, 0.3) is 11.0 Å². The van der Waals surface area contributed by atoms with Crippen LogP contribution in [0.1, 0.15) is 55.1 Å². The predicted octanol–water partition coefficient (Wildman–Crippen LogP) is 1.78. The molecule has 0 aliphatic carbocycles. The van der Waals surface area contributed by atoms with Gasteiger partial charge >= 0.3 is 11.9 Å². The third-order valence-electron chi connectivity index (χ3n) is 6.96. The summed E-state index contributed by atoms with van der Waals surface area (Å²) in [6.07, 6.45) is 2.46. The summed E-state index contributed by atoms with van der Waals surface area (Å²) in [7, 11) is 0. The number of rotatable bonds is 17. The Labute approximate surface area is 243 Å². The Morgan fingerprint density at radius 3 is 2.50 bits per heavy atom. The summed E-state index contributed by atoms with van der Waals surface area (Å²) in [5.41, 5.74) is 7.73. The number of aliphatic carboxylic acids is 1. The van der Waals surface area contributed by atoms with Crippen molar-refractivity contribution in [1.82, 2.24) is 25.6 Å². The van der Waals surface area contributed by atoms with Crippen molar-refractivity contribution in [2.24, 2.45) is 5.92 Å². The molecule has 1 amide bonds. The number of carboxylic acid groups (broad SMARTS) is 1. The van der Waals surface area contributed by atoms with E-state index >= 15 is 0 Å². The molecule has 0 aliphatic heterocycles. The number of amides is 1. The molecule has 42 heavy (non-hydrogen) atoms. The van der Waals surface area contributed by atoms with Crippen LogP contribution in [0.5, 0.6) is 0 Å². The number of nitrogens with two attached hydrogens (primary N) is 1. The molecule has 13 heteroatoms. The van der Waals surface area contributed by atoms with Gasteiger partial charge in [-0.2, -0.15) is 4.98 Å². The van der Waals surface area contributed by atoms with Gasteiger partial charge in [0.15, 0.2) is 0 Å². The van der Waals surface area contributed by atoms with Crippen LogP contribution in [0.3, 0.4) is 0 Å². The van der Waals surface area contributed by atoms with E-state index in [0.717, 1.165) is 11.1 Å². The number of aromatic nitrogens is 3. The number of nitrogens with one attached hydrogen (secondary N) is 4. The monoisotopic (exact) mass is 584 g/mol. The SMILES string of the molecule is CC(C)C(C)NCCOCCOC(=O)[C@H](CCC(=O)O)NC(=O)c1ccc(CCc2c[nH]c3nc(N)[nH]c(=O)c23)cc1. The van der Waals surface area contributed by atoms with Crippen LogP contribution in [0.15, 0.2) is 35.3 Å². The number of anilines is 1. The highest BCUT2D eigenvalue weighted by atomic mass is 16.6. The molecular weight excluding hydrogens is 544 g/mol. The molecule has 1 aromatic carbocycles. The summed E-state index contributed by atoms with van der Waals surface area (Å²) in [6, 6.07) is 6.04. The zero-order chi connectivity index (χ0) is 30.6. The fourth-order valence-electron chi connectivity index (χ4n) is 4.18. The molecule has 3 rings (SSSR count). The number of ether oxygens (including phenoxy) is 2. The number of fused-ring (bicyclic) bond motifs is 1. The van der Waals surface area contributed by atoms with Gasteiger partial charge in [-0.3, -0.25) is 19.4 Å². The van der Waals surface area contributed by atoms with Gasteiger partial charge in [0.05, 0.1) is 18.6 Å². The molecule has 0 bridgehead atoms.